The van der Waals surface area contributed by atoms with Crippen LogP contribution in [0, 0.1) is 11.8 Å². The van der Waals surface area contributed by atoms with Gasteiger partial charge in [0.25, 0.3) is 0 Å². The molecule has 2 nitrogen and oxygen atoms in total. The lowest BCUT2D eigenvalue weighted by Crippen LogP contribution is -2.26. The molecule has 1 aromatic rings. The van der Waals surface area contributed by atoms with E-state index in [9.17, 15) is 0 Å². The zero-order chi connectivity index (χ0) is 10.3. The van der Waals surface area contributed by atoms with E-state index in [-0.39, 0.29) is 0 Å². The van der Waals surface area contributed by atoms with Gasteiger partial charge in [-0.3, -0.25) is 0 Å². The molecule has 80 valence electrons. The molecule has 2 aliphatic rings. The first-order chi connectivity index (χ1) is 7.31. The number of anilines is 1. The number of nitrogens with zero attached hydrogens (tertiary/aromatic N) is 1. The highest BCUT2D eigenvalue weighted by Gasteiger charge is 2.39. The first-order valence-electron chi connectivity index (χ1n) is 5.69. The molecule has 3 unspecified atom stereocenters. The van der Waals surface area contributed by atoms with Gasteiger partial charge < -0.3 is 5.32 Å². The van der Waals surface area contributed by atoms with Crippen LogP contribution in [0.2, 0.25) is 5.02 Å². The third-order valence-electron chi connectivity index (χ3n) is 3.80. The minimum atomic E-state index is 0.650. The van der Waals surface area contributed by atoms with Gasteiger partial charge in [0.05, 0.1) is 5.02 Å². The van der Waals surface area contributed by atoms with E-state index < -0.39 is 0 Å². The molecule has 2 aliphatic carbocycles. The van der Waals surface area contributed by atoms with Gasteiger partial charge in [-0.05, 0) is 43.2 Å². The Balaban J connectivity index is 1.68. The van der Waals surface area contributed by atoms with Crippen molar-refractivity contribution < 1.29 is 0 Å². The van der Waals surface area contributed by atoms with Crippen molar-refractivity contribution >= 4 is 17.4 Å². The van der Waals surface area contributed by atoms with Gasteiger partial charge in [-0.2, -0.15) is 0 Å². The summed E-state index contributed by atoms with van der Waals surface area (Å²) in [4.78, 5) is 4.28. The molecule has 2 bridgehead atoms. The van der Waals surface area contributed by atoms with Crippen molar-refractivity contribution in [1.82, 2.24) is 4.98 Å². The quantitative estimate of drug-likeness (QED) is 0.830. The smallest absolute Gasteiger partial charge is 0.126 e. The lowest BCUT2D eigenvalue weighted by Gasteiger charge is -2.23. The second kappa shape index (κ2) is 3.67. The van der Waals surface area contributed by atoms with Gasteiger partial charge in [0, 0.05) is 12.2 Å². The fourth-order valence-electron chi connectivity index (χ4n) is 3.07. The van der Waals surface area contributed by atoms with E-state index in [1.807, 2.05) is 12.1 Å². The van der Waals surface area contributed by atoms with Gasteiger partial charge in [0.15, 0.2) is 0 Å². The fraction of sp³-hybridized carbons (Fsp3) is 0.583. The number of aromatic nitrogens is 1. The zero-order valence-electron chi connectivity index (χ0n) is 8.62. The first kappa shape index (κ1) is 9.46. The Labute approximate surface area is 95.0 Å². The first-order valence-corrected chi connectivity index (χ1v) is 6.07. The third-order valence-corrected chi connectivity index (χ3v) is 4.02. The predicted octanol–water partition coefficient (Wildman–Crippen LogP) is 3.34. The van der Waals surface area contributed by atoms with Crippen LogP contribution < -0.4 is 5.32 Å². The van der Waals surface area contributed by atoms with Crippen molar-refractivity contribution in [3.8, 4) is 0 Å². The summed E-state index contributed by atoms with van der Waals surface area (Å²) in [5, 5.41) is 4.23. The second-order valence-corrected chi connectivity index (χ2v) is 5.22. The standard InChI is InChI=1S/C12H15ClN2/c13-10-3-4-12(14-7-10)15-11-6-8-1-2-9(11)5-8/h3-4,7-9,11H,1-2,5-6H2,(H,14,15). The Hall–Kier alpha value is -0.760. The van der Waals surface area contributed by atoms with Crippen LogP contribution in [0.15, 0.2) is 18.3 Å². The number of pyridine rings is 1. The van der Waals surface area contributed by atoms with Crippen molar-refractivity contribution in [1.29, 1.82) is 0 Å². The normalized spacial score (nSPS) is 33.3. The fourth-order valence-corrected chi connectivity index (χ4v) is 3.18. The molecule has 2 fully saturated rings. The molecular weight excluding hydrogens is 208 g/mol. The van der Waals surface area contributed by atoms with E-state index in [1.54, 1.807) is 6.20 Å². The second-order valence-electron chi connectivity index (χ2n) is 4.79. The maximum Gasteiger partial charge on any atom is 0.126 e. The van der Waals surface area contributed by atoms with E-state index in [4.69, 9.17) is 11.6 Å². The molecule has 2 saturated carbocycles. The molecule has 3 rings (SSSR count). The summed E-state index contributed by atoms with van der Waals surface area (Å²) >= 11 is 5.80. The average molecular weight is 223 g/mol. The Morgan fingerprint density at radius 3 is 2.80 bits per heavy atom. The summed E-state index contributed by atoms with van der Waals surface area (Å²) in [6.45, 7) is 0. The summed E-state index contributed by atoms with van der Waals surface area (Å²) < 4.78 is 0. The molecule has 0 amide bonds. The Morgan fingerprint density at radius 1 is 1.27 bits per heavy atom. The summed E-state index contributed by atoms with van der Waals surface area (Å²) in [7, 11) is 0. The molecule has 0 spiro atoms. The van der Waals surface area contributed by atoms with E-state index in [0.717, 1.165) is 17.7 Å². The van der Waals surface area contributed by atoms with Crippen LogP contribution in [0.25, 0.3) is 0 Å². The third kappa shape index (κ3) is 1.83. The minimum absolute atomic E-state index is 0.650. The van der Waals surface area contributed by atoms with Crippen molar-refractivity contribution in [2.75, 3.05) is 5.32 Å². The Morgan fingerprint density at radius 2 is 2.20 bits per heavy atom. The van der Waals surface area contributed by atoms with Gasteiger partial charge in [-0.15, -0.1) is 0 Å². The monoisotopic (exact) mass is 222 g/mol. The number of nitrogens with one attached hydrogen (secondary N) is 1. The van der Waals surface area contributed by atoms with E-state index >= 15 is 0 Å². The molecule has 0 radical (unpaired) electrons. The maximum absolute atomic E-state index is 5.80. The highest BCUT2D eigenvalue weighted by Crippen LogP contribution is 2.45. The SMILES string of the molecule is Clc1ccc(NC2CC3CCC2C3)nc1. The number of hydrogen-bond acceptors (Lipinski definition) is 2. The van der Waals surface area contributed by atoms with Crippen LogP contribution in [0.1, 0.15) is 25.7 Å². The van der Waals surface area contributed by atoms with Crippen LogP contribution in [0.4, 0.5) is 5.82 Å². The topological polar surface area (TPSA) is 24.9 Å². The largest absolute Gasteiger partial charge is 0.367 e. The predicted molar refractivity (Wildman–Crippen MR) is 62.1 cm³/mol. The van der Waals surface area contributed by atoms with Crippen molar-refractivity contribution in [2.45, 2.75) is 31.7 Å². The molecule has 1 heterocycles. The number of halogens is 1. The van der Waals surface area contributed by atoms with Crippen LogP contribution >= 0.6 is 11.6 Å². The number of hydrogen-bond donors (Lipinski definition) is 1. The van der Waals surface area contributed by atoms with Gasteiger partial charge in [0.1, 0.15) is 5.82 Å². The lowest BCUT2D eigenvalue weighted by molar-refractivity contribution is 0.439. The van der Waals surface area contributed by atoms with Gasteiger partial charge >= 0.3 is 0 Å². The van der Waals surface area contributed by atoms with Crippen molar-refractivity contribution in [2.24, 2.45) is 11.8 Å². The zero-order valence-corrected chi connectivity index (χ0v) is 9.37. The van der Waals surface area contributed by atoms with Crippen LogP contribution in [0.3, 0.4) is 0 Å². The highest BCUT2D eigenvalue weighted by molar-refractivity contribution is 6.30. The number of rotatable bonds is 2. The summed E-state index contributed by atoms with van der Waals surface area (Å²) in [6, 6.07) is 4.51. The molecule has 15 heavy (non-hydrogen) atoms. The van der Waals surface area contributed by atoms with Crippen LogP contribution in [-0.2, 0) is 0 Å². The molecule has 1 N–H and O–H groups in total. The van der Waals surface area contributed by atoms with Crippen LogP contribution in [0.5, 0.6) is 0 Å². The molecule has 3 heteroatoms. The van der Waals surface area contributed by atoms with E-state index in [2.05, 4.69) is 10.3 Å². The van der Waals surface area contributed by atoms with Crippen molar-refractivity contribution in [3.05, 3.63) is 23.4 Å². The Kier molecular flexibility index (Phi) is 2.32. The van der Waals surface area contributed by atoms with E-state index in [1.165, 1.54) is 25.7 Å². The molecule has 0 saturated heterocycles. The Bertz CT molecular complexity index is 349. The molecule has 1 aromatic heterocycles. The molecular formula is C12H15ClN2. The van der Waals surface area contributed by atoms with Crippen molar-refractivity contribution in [3.63, 3.8) is 0 Å². The highest BCUT2D eigenvalue weighted by atomic mass is 35.5. The van der Waals surface area contributed by atoms with Gasteiger partial charge in [-0.25, -0.2) is 4.98 Å². The van der Waals surface area contributed by atoms with Crippen LogP contribution in [-0.4, -0.2) is 11.0 Å². The summed E-state index contributed by atoms with van der Waals surface area (Å²) in [5.41, 5.74) is 0. The lowest BCUT2D eigenvalue weighted by atomic mass is 9.95. The van der Waals surface area contributed by atoms with Gasteiger partial charge in [-0.1, -0.05) is 18.0 Å². The minimum Gasteiger partial charge on any atom is -0.367 e. The summed E-state index contributed by atoms with van der Waals surface area (Å²) in [6.07, 6.45) is 7.30. The maximum atomic E-state index is 5.80. The van der Waals surface area contributed by atoms with E-state index in [0.29, 0.717) is 11.1 Å². The number of fused-ring (bicyclic) bond motifs is 2. The summed E-state index contributed by atoms with van der Waals surface area (Å²) in [5.74, 6) is 2.82. The van der Waals surface area contributed by atoms with Gasteiger partial charge in [0.2, 0.25) is 0 Å². The molecule has 0 aliphatic heterocycles. The molecule has 0 aromatic carbocycles. The average Bonchev–Trinajstić information content (AvgIpc) is 2.83. The molecule has 3 atom stereocenters.